The summed E-state index contributed by atoms with van der Waals surface area (Å²) in [5.74, 6) is -0.261. The Kier molecular flexibility index (Phi) is 5.64. The first-order valence-corrected chi connectivity index (χ1v) is 10.5. The number of aromatic nitrogens is 1. The maximum absolute atomic E-state index is 12.8. The molecule has 1 amide bonds. The molecule has 3 rings (SSSR count). The minimum Gasteiger partial charge on any atom is -0.345 e. The van der Waals surface area contributed by atoms with Crippen LogP contribution in [0.15, 0.2) is 34.5 Å². The van der Waals surface area contributed by atoms with E-state index in [9.17, 15) is 26.4 Å². The average Bonchev–Trinajstić information content (AvgIpc) is 3.12. The molecule has 0 spiro atoms. The van der Waals surface area contributed by atoms with E-state index >= 15 is 0 Å². The van der Waals surface area contributed by atoms with Crippen LogP contribution in [0.3, 0.4) is 0 Å². The van der Waals surface area contributed by atoms with Gasteiger partial charge in [0, 0.05) is 44.2 Å². The Balaban J connectivity index is 1.66. The number of alkyl halides is 3. The number of hydrogen-bond acceptors (Lipinski definition) is 6. The van der Waals surface area contributed by atoms with Crippen LogP contribution in [0.4, 0.5) is 24.0 Å². The van der Waals surface area contributed by atoms with E-state index in [0.717, 1.165) is 16.7 Å². The number of carbonyl (C=O) groups excluding carboxylic acids is 1. The Morgan fingerprint density at radius 1 is 1.14 bits per heavy atom. The molecule has 7 nitrogen and oxygen atoms in total. The van der Waals surface area contributed by atoms with Gasteiger partial charge in [0.25, 0.3) is 0 Å². The van der Waals surface area contributed by atoms with Crippen LogP contribution < -0.4 is 10.2 Å². The highest BCUT2D eigenvalue weighted by molar-refractivity contribution is 7.89. The van der Waals surface area contributed by atoms with Gasteiger partial charge in [-0.2, -0.15) is 17.5 Å². The summed E-state index contributed by atoms with van der Waals surface area (Å²) in [6.45, 7) is 2.11. The molecule has 0 unspecified atom stereocenters. The van der Waals surface area contributed by atoms with Crippen LogP contribution in [-0.2, 0) is 21.0 Å². The smallest absolute Gasteiger partial charge is 0.345 e. The Morgan fingerprint density at radius 2 is 1.75 bits per heavy atom. The molecule has 0 bridgehead atoms. The molecule has 0 saturated carbocycles. The number of anilines is 2. The fourth-order valence-corrected chi connectivity index (χ4v) is 5.03. The highest BCUT2D eigenvalue weighted by Crippen LogP contribution is 2.33. The average molecular weight is 434 g/mol. The van der Waals surface area contributed by atoms with Gasteiger partial charge in [0.05, 0.1) is 4.90 Å². The van der Waals surface area contributed by atoms with Crippen molar-refractivity contribution in [2.45, 2.75) is 18.0 Å². The number of rotatable bonds is 4. The Morgan fingerprint density at radius 3 is 2.25 bits per heavy atom. The van der Waals surface area contributed by atoms with Crippen LogP contribution in [0.5, 0.6) is 0 Å². The van der Waals surface area contributed by atoms with Crippen molar-refractivity contribution in [3.63, 3.8) is 0 Å². The standard InChI is InChI=1S/C16H17F3N4O3S2/c1-11(24)20-12-2-4-13(5-3-12)28(25,26)23-8-6-22(7-9-23)15-21-14(10-27-15)16(17,18)19/h2-5,10H,6-9H2,1H3,(H,20,24). The largest absolute Gasteiger partial charge is 0.434 e. The molecule has 1 fully saturated rings. The number of piperazine rings is 1. The lowest BCUT2D eigenvalue weighted by Crippen LogP contribution is -2.48. The van der Waals surface area contributed by atoms with E-state index in [0.29, 0.717) is 5.69 Å². The van der Waals surface area contributed by atoms with Gasteiger partial charge >= 0.3 is 6.18 Å². The highest BCUT2D eigenvalue weighted by Gasteiger charge is 2.35. The van der Waals surface area contributed by atoms with Gasteiger partial charge < -0.3 is 10.2 Å². The summed E-state index contributed by atoms with van der Waals surface area (Å²) < 4.78 is 64.9. The van der Waals surface area contributed by atoms with Gasteiger partial charge in [-0.1, -0.05) is 0 Å². The summed E-state index contributed by atoms with van der Waals surface area (Å²) in [6.07, 6.45) is -4.50. The van der Waals surface area contributed by atoms with Gasteiger partial charge in [-0.3, -0.25) is 4.79 Å². The molecule has 0 atom stereocenters. The second kappa shape index (κ2) is 7.68. The van der Waals surface area contributed by atoms with Crippen LogP contribution in [-0.4, -0.2) is 49.8 Å². The number of hydrogen-bond donors (Lipinski definition) is 1. The predicted molar refractivity (Wildman–Crippen MR) is 98.8 cm³/mol. The van der Waals surface area contributed by atoms with Crippen molar-refractivity contribution in [3.8, 4) is 0 Å². The third-order valence-electron chi connectivity index (χ3n) is 4.10. The Bertz CT molecular complexity index is 950. The molecule has 1 aliphatic heterocycles. The molecule has 2 heterocycles. The van der Waals surface area contributed by atoms with E-state index in [1.165, 1.54) is 35.5 Å². The Hall–Kier alpha value is -2.18. The molecule has 12 heteroatoms. The monoisotopic (exact) mass is 434 g/mol. The number of nitrogens with zero attached hydrogens (tertiary/aromatic N) is 3. The first kappa shape index (κ1) is 20.6. The summed E-state index contributed by atoms with van der Waals surface area (Å²) in [7, 11) is -3.73. The number of benzene rings is 1. The molecule has 1 aromatic heterocycles. The van der Waals surface area contributed by atoms with Crippen molar-refractivity contribution in [3.05, 3.63) is 35.3 Å². The zero-order valence-electron chi connectivity index (χ0n) is 14.7. The van der Waals surface area contributed by atoms with Crippen molar-refractivity contribution >= 4 is 38.1 Å². The second-order valence-corrected chi connectivity index (χ2v) is 8.88. The minimum atomic E-state index is -4.50. The van der Waals surface area contributed by atoms with E-state index < -0.39 is 21.9 Å². The first-order chi connectivity index (χ1) is 13.1. The summed E-state index contributed by atoms with van der Waals surface area (Å²) in [4.78, 5) is 16.4. The molecule has 1 N–H and O–H groups in total. The zero-order chi connectivity index (χ0) is 20.5. The van der Waals surface area contributed by atoms with Gasteiger partial charge in [-0.05, 0) is 24.3 Å². The summed E-state index contributed by atoms with van der Waals surface area (Å²) in [5, 5.41) is 3.74. The number of nitrogens with one attached hydrogen (secondary N) is 1. The fraction of sp³-hybridized carbons (Fsp3) is 0.375. The van der Waals surface area contributed by atoms with Gasteiger partial charge in [-0.25, -0.2) is 13.4 Å². The second-order valence-electron chi connectivity index (χ2n) is 6.11. The van der Waals surface area contributed by atoms with Crippen molar-refractivity contribution < 1.29 is 26.4 Å². The number of amides is 1. The SMILES string of the molecule is CC(=O)Nc1ccc(S(=O)(=O)N2CCN(c3nc(C(F)(F)F)cs3)CC2)cc1. The molecular weight excluding hydrogens is 417 g/mol. The van der Waals surface area contributed by atoms with E-state index in [-0.39, 0.29) is 42.1 Å². The van der Waals surface area contributed by atoms with Crippen molar-refractivity contribution in [1.82, 2.24) is 9.29 Å². The molecule has 1 aliphatic rings. The van der Waals surface area contributed by atoms with Crippen LogP contribution in [0.1, 0.15) is 12.6 Å². The van der Waals surface area contributed by atoms with Crippen LogP contribution in [0.25, 0.3) is 0 Å². The molecule has 0 radical (unpaired) electrons. The summed E-state index contributed by atoms with van der Waals surface area (Å²) in [6, 6.07) is 5.81. The molecule has 28 heavy (non-hydrogen) atoms. The first-order valence-electron chi connectivity index (χ1n) is 8.23. The fourth-order valence-electron chi connectivity index (χ4n) is 2.72. The van der Waals surface area contributed by atoms with Crippen LogP contribution in [0.2, 0.25) is 0 Å². The molecule has 1 aromatic carbocycles. The number of carbonyl (C=O) groups is 1. The lowest BCUT2D eigenvalue weighted by atomic mass is 10.3. The molecule has 152 valence electrons. The summed E-state index contributed by atoms with van der Waals surface area (Å²) >= 11 is 0.887. The Labute approximate surface area is 163 Å². The molecule has 2 aromatic rings. The normalized spacial score (nSPS) is 16.2. The van der Waals surface area contributed by atoms with Crippen molar-refractivity contribution in [1.29, 1.82) is 0 Å². The van der Waals surface area contributed by atoms with Gasteiger partial charge in [0.1, 0.15) is 0 Å². The van der Waals surface area contributed by atoms with E-state index in [1.807, 2.05) is 0 Å². The van der Waals surface area contributed by atoms with E-state index in [4.69, 9.17) is 0 Å². The lowest BCUT2D eigenvalue weighted by molar-refractivity contribution is -0.140. The van der Waals surface area contributed by atoms with Crippen molar-refractivity contribution in [2.24, 2.45) is 0 Å². The highest BCUT2D eigenvalue weighted by atomic mass is 32.2. The number of thiazole rings is 1. The van der Waals surface area contributed by atoms with E-state index in [1.54, 1.807) is 4.90 Å². The van der Waals surface area contributed by atoms with Crippen molar-refractivity contribution in [2.75, 3.05) is 36.4 Å². The van der Waals surface area contributed by atoms with Crippen LogP contribution >= 0.6 is 11.3 Å². The van der Waals surface area contributed by atoms with Gasteiger partial charge in [-0.15, -0.1) is 11.3 Å². The van der Waals surface area contributed by atoms with Crippen LogP contribution in [0, 0.1) is 0 Å². The van der Waals surface area contributed by atoms with E-state index in [2.05, 4.69) is 10.3 Å². The molecular formula is C16H17F3N4O3S2. The zero-order valence-corrected chi connectivity index (χ0v) is 16.4. The lowest BCUT2D eigenvalue weighted by Gasteiger charge is -2.33. The maximum Gasteiger partial charge on any atom is 0.434 e. The predicted octanol–water partition coefficient (Wildman–Crippen LogP) is 2.63. The molecule has 1 saturated heterocycles. The number of halogens is 3. The minimum absolute atomic E-state index is 0.0867. The third kappa shape index (κ3) is 4.45. The molecule has 0 aliphatic carbocycles. The maximum atomic E-state index is 12.8. The topological polar surface area (TPSA) is 82.6 Å². The van der Waals surface area contributed by atoms with Gasteiger partial charge in [0.15, 0.2) is 10.8 Å². The summed E-state index contributed by atoms with van der Waals surface area (Å²) in [5.41, 5.74) is -0.456. The third-order valence-corrected chi connectivity index (χ3v) is 6.92. The quantitative estimate of drug-likeness (QED) is 0.800. The van der Waals surface area contributed by atoms with Gasteiger partial charge in [0.2, 0.25) is 15.9 Å². The number of sulfonamides is 1.